The van der Waals surface area contributed by atoms with Crippen LogP contribution in [0, 0.1) is 0 Å². The van der Waals surface area contributed by atoms with Gasteiger partial charge < -0.3 is 19.7 Å². The van der Waals surface area contributed by atoms with Crippen molar-refractivity contribution in [2.45, 2.75) is 12.6 Å². The summed E-state index contributed by atoms with van der Waals surface area (Å²) >= 11 is 7.76. The van der Waals surface area contributed by atoms with Crippen LogP contribution in [0.4, 0.5) is 0 Å². The summed E-state index contributed by atoms with van der Waals surface area (Å²) in [5.74, 6) is 1.28. The van der Waals surface area contributed by atoms with Crippen LogP contribution in [0.3, 0.4) is 0 Å². The number of hydrogen-bond acceptors (Lipinski definition) is 5. The van der Waals surface area contributed by atoms with Crippen LogP contribution in [0.15, 0.2) is 42.5 Å². The number of nitrogens with zero attached hydrogens (tertiary/aromatic N) is 1. The van der Waals surface area contributed by atoms with Crippen molar-refractivity contribution in [1.82, 2.24) is 10.2 Å². The molecule has 1 fully saturated rings. The number of methoxy groups -OCH3 is 2. The van der Waals surface area contributed by atoms with E-state index in [1.165, 1.54) is 20.3 Å². The third kappa shape index (κ3) is 4.36. The van der Waals surface area contributed by atoms with Gasteiger partial charge in [0.05, 0.1) is 25.1 Å². The van der Waals surface area contributed by atoms with Gasteiger partial charge in [0, 0.05) is 17.9 Å². The summed E-state index contributed by atoms with van der Waals surface area (Å²) in [7, 11) is 2.96. The molecule has 0 bridgehead atoms. The molecule has 8 heteroatoms. The van der Waals surface area contributed by atoms with Crippen LogP contribution >= 0.6 is 23.4 Å². The second-order valence-electron chi connectivity index (χ2n) is 6.19. The number of benzene rings is 2. The molecular weight excluding hydrogens is 400 g/mol. The number of rotatable bonds is 6. The fraction of sp³-hybridized carbons (Fsp3) is 0.300. The molecule has 6 nitrogen and oxygen atoms in total. The molecule has 1 aliphatic rings. The molecule has 1 aliphatic heterocycles. The van der Waals surface area contributed by atoms with Gasteiger partial charge in [0.25, 0.3) is 5.91 Å². The fourth-order valence-electron chi connectivity index (χ4n) is 2.97. The molecule has 1 N–H and O–H groups in total. The SMILES string of the molecule is COc1cc(C(=O)N2CSCC2C(=O)NCc2ccccc2)cc(Cl)c1OC. The maximum Gasteiger partial charge on any atom is 0.255 e. The largest absolute Gasteiger partial charge is 0.493 e. The Bertz CT molecular complexity index is 863. The molecular formula is C20H21ClN2O4S. The van der Waals surface area contributed by atoms with Gasteiger partial charge in [-0.3, -0.25) is 9.59 Å². The van der Waals surface area contributed by atoms with Crippen LogP contribution < -0.4 is 14.8 Å². The number of carbonyl (C=O) groups excluding carboxylic acids is 2. The van der Waals surface area contributed by atoms with Crippen molar-refractivity contribution < 1.29 is 19.1 Å². The summed E-state index contributed by atoms with van der Waals surface area (Å²) in [6, 6.07) is 12.2. The number of carbonyl (C=O) groups is 2. The first kappa shape index (κ1) is 20.4. The van der Waals surface area contributed by atoms with Crippen molar-refractivity contribution in [2.24, 2.45) is 0 Å². The number of hydrogen-bond donors (Lipinski definition) is 1. The van der Waals surface area contributed by atoms with E-state index in [-0.39, 0.29) is 16.8 Å². The molecule has 0 saturated carbocycles. The molecule has 0 aromatic heterocycles. The highest BCUT2D eigenvalue weighted by atomic mass is 35.5. The standard InChI is InChI=1S/C20H21ClN2O4S/c1-26-17-9-14(8-15(21)18(17)27-2)20(25)23-12-28-11-16(23)19(24)22-10-13-6-4-3-5-7-13/h3-9,16H,10-12H2,1-2H3,(H,22,24). The summed E-state index contributed by atoms with van der Waals surface area (Å²) in [6.07, 6.45) is 0. The van der Waals surface area contributed by atoms with E-state index in [0.717, 1.165) is 5.56 Å². The summed E-state index contributed by atoms with van der Waals surface area (Å²) in [4.78, 5) is 27.3. The average molecular weight is 421 g/mol. The topological polar surface area (TPSA) is 67.9 Å². The van der Waals surface area contributed by atoms with Crippen LogP contribution in [-0.2, 0) is 11.3 Å². The Morgan fingerprint density at radius 1 is 1.21 bits per heavy atom. The molecule has 0 spiro atoms. The zero-order valence-corrected chi connectivity index (χ0v) is 17.2. The second kappa shape index (κ2) is 9.21. The van der Waals surface area contributed by atoms with Crippen molar-refractivity contribution in [1.29, 1.82) is 0 Å². The number of amides is 2. The normalized spacial score (nSPS) is 16.0. The highest BCUT2D eigenvalue weighted by Crippen LogP contribution is 2.37. The third-order valence-corrected chi connectivity index (χ3v) is 5.73. The van der Waals surface area contributed by atoms with Gasteiger partial charge in [-0.25, -0.2) is 0 Å². The first-order valence-corrected chi connectivity index (χ1v) is 10.2. The summed E-state index contributed by atoms with van der Waals surface area (Å²) in [5.41, 5.74) is 1.36. The molecule has 2 aromatic carbocycles. The predicted octanol–water partition coefficient (Wildman–Crippen LogP) is 3.19. The molecule has 0 radical (unpaired) electrons. The Hall–Kier alpha value is -2.38. The molecule has 1 atom stereocenters. The van der Waals surface area contributed by atoms with Gasteiger partial charge in [-0.2, -0.15) is 0 Å². The predicted molar refractivity (Wildman–Crippen MR) is 110 cm³/mol. The fourth-order valence-corrected chi connectivity index (χ4v) is 4.41. The van der Waals surface area contributed by atoms with Crippen molar-refractivity contribution in [2.75, 3.05) is 25.8 Å². The average Bonchev–Trinajstić information content (AvgIpc) is 3.21. The second-order valence-corrected chi connectivity index (χ2v) is 7.59. The van der Waals surface area contributed by atoms with Crippen molar-refractivity contribution in [3.8, 4) is 11.5 Å². The van der Waals surface area contributed by atoms with Crippen LogP contribution in [0.2, 0.25) is 5.02 Å². The third-order valence-electron chi connectivity index (χ3n) is 4.44. The van der Waals surface area contributed by atoms with Gasteiger partial charge in [-0.1, -0.05) is 41.9 Å². The monoisotopic (exact) mass is 420 g/mol. The lowest BCUT2D eigenvalue weighted by Gasteiger charge is -2.23. The Kier molecular flexibility index (Phi) is 6.70. The maximum absolute atomic E-state index is 13.0. The first-order chi connectivity index (χ1) is 13.5. The van der Waals surface area contributed by atoms with E-state index in [0.29, 0.717) is 35.2 Å². The van der Waals surface area contributed by atoms with Crippen LogP contribution in [0.1, 0.15) is 15.9 Å². The number of thioether (sulfide) groups is 1. The van der Waals surface area contributed by atoms with E-state index in [1.807, 2.05) is 30.3 Å². The summed E-state index contributed by atoms with van der Waals surface area (Å²) < 4.78 is 10.5. The molecule has 28 heavy (non-hydrogen) atoms. The molecule has 2 amide bonds. The maximum atomic E-state index is 13.0. The Labute approximate surface area is 173 Å². The van der Waals surface area contributed by atoms with E-state index in [1.54, 1.807) is 22.7 Å². The number of nitrogens with one attached hydrogen (secondary N) is 1. The lowest BCUT2D eigenvalue weighted by molar-refractivity contribution is -0.124. The van der Waals surface area contributed by atoms with Gasteiger partial charge in [-0.15, -0.1) is 11.8 Å². The first-order valence-electron chi connectivity index (χ1n) is 8.67. The minimum absolute atomic E-state index is 0.172. The molecule has 3 rings (SSSR count). The summed E-state index contributed by atoms with van der Waals surface area (Å²) in [5, 5.41) is 3.19. The lowest BCUT2D eigenvalue weighted by Crippen LogP contribution is -2.47. The van der Waals surface area contributed by atoms with Gasteiger partial charge in [0.2, 0.25) is 5.91 Å². The van der Waals surface area contributed by atoms with E-state index in [9.17, 15) is 9.59 Å². The van der Waals surface area contributed by atoms with Crippen LogP contribution in [0.25, 0.3) is 0 Å². The zero-order chi connectivity index (χ0) is 20.1. The molecule has 148 valence electrons. The van der Waals surface area contributed by atoms with Crippen LogP contribution in [-0.4, -0.2) is 48.6 Å². The van der Waals surface area contributed by atoms with Gasteiger partial charge >= 0.3 is 0 Å². The zero-order valence-electron chi connectivity index (χ0n) is 15.6. The van der Waals surface area contributed by atoms with Gasteiger partial charge in [0.15, 0.2) is 11.5 Å². The number of ether oxygens (including phenoxy) is 2. The van der Waals surface area contributed by atoms with Crippen LogP contribution in [0.5, 0.6) is 11.5 Å². The van der Waals surface area contributed by atoms with Gasteiger partial charge in [-0.05, 0) is 17.7 Å². The number of halogens is 1. The minimum atomic E-state index is -0.534. The smallest absolute Gasteiger partial charge is 0.255 e. The van der Waals surface area contributed by atoms with Crippen molar-refractivity contribution >= 4 is 35.2 Å². The van der Waals surface area contributed by atoms with E-state index in [4.69, 9.17) is 21.1 Å². The lowest BCUT2D eigenvalue weighted by atomic mass is 10.1. The van der Waals surface area contributed by atoms with Crippen molar-refractivity contribution in [3.63, 3.8) is 0 Å². The Balaban J connectivity index is 1.74. The summed E-state index contributed by atoms with van der Waals surface area (Å²) in [6.45, 7) is 0.422. The Morgan fingerprint density at radius 2 is 1.96 bits per heavy atom. The van der Waals surface area contributed by atoms with E-state index < -0.39 is 6.04 Å². The van der Waals surface area contributed by atoms with E-state index >= 15 is 0 Å². The molecule has 1 unspecified atom stereocenters. The van der Waals surface area contributed by atoms with Crippen molar-refractivity contribution in [3.05, 3.63) is 58.6 Å². The Morgan fingerprint density at radius 3 is 2.64 bits per heavy atom. The molecule has 1 heterocycles. The minimum Gasteiger partial charge on any atom is -0.493 e. The molecule has 2 aromatic rings. The molecule has 1 saturated heterocycles. The highest BCUT2D eigenvalue weighted by molar-refractivity contribution is 7.99. The van der Waals surface area contributed by atoms with Gasteiger partial charge in [0.1, 0.15) is 6.04 Å². The quantitative estimate of drug-likeness (QED) is 0.777. The van der Waals surface area contributed by atoms with E-state index in [2.05, 4.69) is 5.32 Å². The highest BCUT2D eigenvalue weighted by Gasteiger charge is 2.35. The molecule has 0 aliphatic carbocycles.